The zero-order valence-corrected chi connectivity index (χ0v) is 12.3. The second-order valence-electron chi connectivity index (χ2n) is 5.96. The van der Waals surface area contributed by atoms with E-state index in [1.165, 1.54) is 6.33 Å². The Bertz CT molecular complexity index is 515. The molecule has 0 aliphatic carbocycles. The van der Waals surface area contributed by atoms with Gasteiger partial charge in [-0.25, -0.2) is 9.67 Å². The highest BCUT2D eigenvalue weighted by atomic mass is 16.2. The van der Waals surface area contributed by atoms with E-state index in [-0.39, 0.29) is 23.8 Å². The summed E-state index contributed by atoms with van der Waals surface area (Å²) in [5.74, 6) is 0.0499. The smallest absolute Gasteiger partial charge is 0.226 e. The number of amides is 2. The van der Waals surface area contributed by atoms with Crippen LogP contribution in [0.25, 0.3) is 0 Å². The first kappa shape index (κ1) is 14.0. The Morgan fingerprint density at radius 3 is 2.90 bits per heavy atom. The number of piperidine rings is 2. The highest BCUT2D eigenvalue weighted by Gasteiger charge is 2.34. The van der Waals surface area contributed by atoms with Crippen molar-refractivity contribution in [1.82, 2.24) is 24.6 Å². The standard InChI is InChI=1S/C14H21N5O2/c1-17-6-4-11(7-13(17)20)14(21)18-5-2-3-12(8-18)19-10-15-9-16-19/h9-12H,2-8H2,1H3/t11-,12+/m0/s1. The minimum atomic E-state index is -0.150. The molecule has 0 aromatic carbocycles. The van der Waals surface area contributed by atoms with Crippen LogP contribution in [0.1, 0.15) is 31.7 Å². The van der Waals surface area contributed by atoms with Gasteiger partial charge in [0.2, 0.25) is 11.8 Å². The number of carbonyl (C=O) groups excluding carboxylic acids is 2. The number of rotatable bonds is 2. The van der Waals surface area contributed by atoms with Gasteiger partial charge >= 0.3 is 0 Å². The molecular weight excluding hydrogens is 270 g/mol. The number of hydrogen-bond acceptors (Lipinski definition) is 4. The average molecular weight is 291 g/mol. The molecule has 2 aliphatic heterocycles. The fourth-order valence-electron chi connectivity index (χ4n) is 3.19. The Kier molecular flexibility index (Phi) is 3.90. The topological polar surface area (TPSA) is 71.3 Å². The molecule has 2 aliphatic rings. The van der Waals surface area contributed by atoms with Crippen molar-refractivity contribution in [1.29, 1.82) is 0 Å². The van der Waals surface area contributed by atoms with Gasteiger partial charge in [-0.2, -0.15) is 5.10 Å². The van der Waals surface area contributed by atoms with E-state index in [1.807, 2.05) is 9.58 Å². The third-order valence-electron chi connectivity index (χ3n) is 4.53. The molecule has 0 radical (unpaired) electrons. The highest BCUT2D eigenvalue weighted by molar-refractivity contribution is 5.87. The van der Waals surface area contributed by atoms with E-state index in [0.717, 1.165) is 25.8 Å². The van der Waals surface area contributed by atoms with Crippen molar-refractivity contribution in [3.05, 3.63) is 12.7 Å². The van der Waals surface area contributed by atoms with Gasteiger partial charge < -0.3 is 9.80 Å². The van der Waals surface area contributed by atoms with Crippen molar-refractivity contribution < 1.29 is 9.59 Å². The zero-order chi connectivity index (χ0) is 14.8. The third kappa shape index (κ3) is 2.91. The summed E-state index contributed by atoms with van der Waals surface area (Å²) in [5, 5.41) is 4.17. The summed E-state index contributed by atoms with van der Waals surface area (Å²) < 4.78 is 1.83. The van der Waals surface area contributed by atoms with Crippen LogP contribution in [-0.4, -0.2) is 63.1 Å². The molecule has 1 aromatic rings. The maximum atomic E-state index is 12.6. The van der Waals surface area contributed by atoms with Gasteiger partial charge in [0.15, 0.2) is 0 Å². The molecule has 114 valence electrons. The summed E-state index contributed by atoms with van der Waals surface area (Å²) >= 11 is 0. The predicted molar refractivity (Wildman–Crippen MR) is 75.2 cm³/mol. The van der Waals surface area contributed by atoms with Gasteiger partial charge in [0.05, 0.1) is 6.04 Å². The quantitative estimate of drug-likeness (QED) is 0.786. The first-order valence-corrected chi connectivity index (χ1v) is 7.52. The van der Waals surface area contributed by atoms with Gasteiger partial charge in [0, 0.05) is 39.0 Å². The van der Waals surface area contributed by atoms with Crippen LogP contribution in [0.4, 0.5) is 0 Å². The minimum Gasteiger partial charge on any atom is -0.346 e. The van der Waals surface area contributed by atoms with Gasteiger partial charge in [0.1, 0.15) is 12.7 Å². The number of aromatic nitrogens is 3. The van der Waals surface area contributed by atoms with Crippen LogP contribution < -0.4 is 0 Å². The van der Waals surface area contributed by atoms with Crippen LogP contribution >= 0.6 is 0 Å². The largest absolute Gasteiger partial charge is 0.346 e. The molecule has 3 rings (SSSR count). The lowest BCUT2D eigenvalue weighted by Crippen LogP contribution is -2.47. The van der Waals surface area contributed by atoms with Crippen LogP contribution in [0.2, 0.25) is 0 Å². The summed E-state index contributed by atoms with van der Waals surface area (Å²) in [6.07, 6.45) is 6.33. The molecule has 1 aromatic heterocycles. The molecule has 3 heterocycles. The van der Waals surface area contributed by atoms with Gasteiger partial charge in [-0.05, 0) is 19.3 Å². The van der Waals surface area contributed by atoms with E-state index in [0.29, 0.717) is 19.5 Å². The summed E-state index contributed by atoms with van der Waals surface area (Å²) in [7, 11) is 1.80. The first-order valence-electron chi connectivity index (χ1n) is 7.52. The zero-order valence-electron chi connectivity index (χ0n) is 12.3. The Morgan fingerprint density at radius 1 is 1.33 bits per heavy atom. The molecule has 7 nitrogen and oxygen atoms in total. The Balaban J connectivity index is 1.63. The molecule has 21 heavy (non-hydrogen) atoms. The normalized spacial score (nSPS) is 27.0. The Labute approximate surface area is 123 Å². The van der Waals surface area contributed by atoms with Crippen molar-refractivity contribution in [3.63, 3.8) is 0 Å². The lowest BCUT2D eigenvalue weighted by Gasteiger charge is -2.36. The number of hydrogen-bond donors (Lipinski definition) is 0. The Hall–Kier alpha value is -1.92. The second kappa shape index (κ2) is 5.83. The molecule has 2 amide bonds. The van der Waals surface area contributed by atoms with Crippen LogP contribution in [0.5, 0.6) is 0 Å². The molecule has 2 saturated heterocycles. The van der Waals surface area contributed by atoms with E-state index in [2.05, 4.69) is 10.1 Å². The molecule has 0 saturated carbocycles. The van der Waals surface area contributed by atoms with Crippen molar-refractivity contribution in [3.8, 4) is 0 Å². The van der Waals surface area contributed by atoms with Crippen molar-refractivity contribution in [2.24, 2.45) is 5.92 Å². The SMILES string of the molecule is CN1CC[C@H](C(=O)N2CCC[C@@H](n3cncn3)C2)CC1=O. The number of likely N-dealkylation sites (tertiary alicyclic amines) is 2. The van der Waals surface area contributed by atoms with E-state index >= 15 is 0 Å². The summed E-state index contributed by atoms with van der Waals surface area (Å²) in [6.45, 7) is 2.13. The van der Waals surface area contributed by atoms with Crippen LogP contribution in [0.3, 0.4) is 0 Å². The lowest BCUT2D eigenvalue weighted by atomic mass is 9.93. The average Bonchev–Trinajstić information content (AvgIpc) is 3.04. The van der Waals surface area contributed by atoms with Crippen molar-refractivity contribution in [2.75, 3.05) is 26.7 Å². The molecular formula is C14H21N5O2. The summed E-state index contributed by atoms with van der Waals surface area (Å²) in [4.78, 5) is 32.0. The van der Waals surface area contributed by atoms with Gasteiger partial charge in [-0.1, -0.05) is 0 Å². The van der Waals surface area contributed by atoms with Crippen LogP contribution in [0.15, 0.2) is 12.7 Å². The molecule has 0 unspecified atom stereocenters. The second-order valence-corrected chi connectivity index (χ2v) is 5.96. The molecule has 2 atom stereocenters. The van der Waals surface area contributed by atoms with Gasteiger partial charge in [-0.3, -0.25) is 9.59 Å². The lowest BCUT2D eigenvalue weighted by molar-refractivity contribution is -0.145. The van der Waals surface area contributed by atoms with E-state index in [4.69, 9.17) is 0 Å². The van der Waals surface area contributed by atoms with Gasteiger partial charge in [0.25, 0.3) is 0 Å². The predicted octanol–water partition coefficient (Wildman–Crippen LogP) is 0.310. The molecule has 0 N–H and O–H groups in total. The maximum Gasteiger partial charge on any atom is 0.226 e. The van der Waals surface area contributed by atoms with Crippen LogP contribution in [0, 0.1) is 5.92 Å². The fourth-order valence-corrected chi connectivity index (χ4v) is 3.19. The van der Waals surface area contributed by atoms with E-state index < -0.39 is 0 Å². The summed E-state index contributed by atoms with van der Waals surface area (Å²) in [6, 6.07) is 0.201. The summed E-state index contributed by atoms with van der Waals surface area (Å²) in [5.41, 5.74) is 0. The highest BCUT2D eigenvalue weighted by Crippen LogP contribution is 2.25. The van der Waals surface area contributed by atoms with Crippen molar-refractivity contribution >= 4 is 11.8 Å². The monoisotopic (exact) mass is 291 g/mol. The number of carbonyl (C=O) groups is 2. The number of nitrogens with zero attached hydrogens (tertiary/aromatic N) is 5. The van der Waals surface area contributed by atoms with Gasteiger partial charge in [-0.15, -0.1) is 0 Å². The maximum absolute atomic E-state index is 12.6. The minimum absolute atomic E-state index is 0.0736. The third-order valence-corrected chi connectivity index (χ3v) is 4.53. The van der Waals surface area contributed by atoms with E-state index in [1.54, 1.807) is 18.3 Å². The fraction of sp³-hybridized carbons (Fsp3) is 0.714. The van der Waals surface area contributed by atoms with E-state index in [9.17, 15) is 9.59 Å². The molecule has 0 spiro atoms. The van der Waals surface area contributed by atoms with Crippen LogP contribution in [-0.2, 0) is 9.59 Å². The molecule has 2 fully saturated rings. The first-order chi connectivity index (χ1) is 10.1. The molecule has 7 heteroatoms. The Morgan fingerprint density at radius 2 is 2.19 bits per heavy atom. The molecule has 0 bridgehead atoms. The van der Waals surface area contributed by atoms with Crippen molar-refractivity contribution in [2.45, 2.75) is 31.7 Å².